The van der Waals surface area contributed by atoms with Crippen LogP contribution in [0.4, 0.5) is 4.39 Å². The van der Waals surface area contributed by atoms with Gasteiger partial charge in [-0.3, -0.25) is 4.90 Å². The van der Waals surface area contributed by atoms with Gasteiger partial charge in [-0.05, 0) is 35.1 Å². The smallest absolute Gasteiger partial charge is 0.218 e. The quantitative estimate of drug-likeness (QED) is 0.792. The average molecular weight is 336 g/mol. The molecule has 1 aliphatic heterocycles. The molecule has 5 heteroatoms. The Kier molecular flexibility index (Phi) is 3.96. The van der Waals surface area contributed by atoms with Crippen molar-refractivity contribution in [3.05, 3.63) is 21.4 Å². The first-order valence-corrected chi connectivity index (χ1v) is 6.32. The van der Waals surface area contributed by atoms with Crippen LogP contribution in [-0.2, 0) is 6.54 Å². The number of aromatic nitrogens is 1. The Bertz CT molecular complexity index is 375. The van der Waals surface area contributed by atoms with Gasteiger partial charge in [0, 0.05) is 35.0 Å². The first-order valence-electron chi connectivity index (χ1n) is 5.24. The topological polar surface area (TPSA) is 25.4 Å². The fraction of sp³-hybridized carbons (Fsp3) is 0.545. The Morgan fingerprint density at radius 1 is 1.69 bits per heavy atom. The van der Waals surface area contributed by atoms with Crippen molar-refractivity contribution in [1.29, 1.82) is 0 Å². The maximum absolute atomic E-state index is 13.1. The fourth-order valence-electron chi connectivity index (χ4n) is 1.92. The number of nitrogens with zero attached hydrogens (tertiary/aromatic N) is 2. The van der Waals surface area contributed by atoms with Crippen molar-refractivity contribution in [2.75, 3.05) is 20.2 Å². The maximum Gasteiger partial charge on any atom is 0.218 e. The van der Waals surface area contributed by atoms with E-state index in [0.29, 0.717) is 18.8 Å². The van der Waals surface area contributed by atoms with Crippen LogP contribution in [0, 0.1) is 3.57 Å². The van der Waals surface area contributed by atoms with Crippen LogP contribution in [0.15, 0.2) is 12.3 Å². The van der Waals surface area contributed by atoms with E-state index in [4.69, 9.17) is 4.74 Å². The number of halogens is 2. The van der Waals surface area contributed by atoms with E-state index in [-0.39, 0.29) is 0 Å². The van der Waals surface area contributed by atoms with Crippen LogP contribution in [0.25, 0.3) is 0 Å². The SMILES string of the molecule is COc1nccc(I)c1CN1CC[C@H](F)C1. The first-order chi connectivity index (χ1) is 7.70. The summed E-state index contributed by atoms with van der Waals surface area (Å²) in [6.45, 7) is 2.05. The summed E-state index contributed by atoms with van der Waals surface area (Å²) in [6.07, 6.45) is 1.69. The van der Waals surface area contributed by atoms with Gasteiger partial charge in [-0.25, -0.2) is 9.37 Å². The average Bonchev–Trinajstić information content (AvgIpc) is 2.67. The van der Waals surface area contributed by atoms with Crippen LogP contribution in [0.1, 0.15) is 12.0 Å². The molecular weight excluding hydrogens is 322 g/mol. The molecule has 0 radical (unpaired) electrons. The highest BCUT2D eigenvalue weighted by Crippen LogP contribution is 2.24. The van der Waals surface area contributed by atoms with E-state index in [1.807, 2.05) is 6.07 Å². The summed E-state index contributed by atoms with van der Waals surface area (Å²) >= 11 is 2.26. The van der Waals surface area contributed by atoms with Crippen LogP contribution in [0.5, 0.6) is 5.88 Å². The van der Waals surface area contributed by atoms with Gasteiger partial charge < -0.3 is 4.74 Å². The summed E-state index contributed by atoms with van der Waals surface area (Å²) in [7, 11) is 1.61. The van der Waals surface area contributed by atoms with E-state index in [1.54, 1.807) is 13.3 Å². The molecule has 1 fully saturated rings. The number of alkyl halides is 1. The number of hydrogen-bond donors (Lipinski definition) is 0. The Morgan fingerprint density at radius 2 is 2.50 bits per heavy atom. The summed E-state index contributed by atoms with van der Waals surface area (Å²) in [6, 6.07) is 1.95. The number of likely N-dealkylation sites (tertiary alicyclic amines) is 1. The monoisotopic (exact) mass is 336 g/mol. The van der Waals surface area contributed by atoms with Gasteiger partial charge in [-0.15, -0.1) is 0 Å². The van der Waals surface area contributed by atoms with E-state index in [1.165, 1.54) is 0 Å². The second kappa shape index (κ2) is 5.27. The lowest BCUT2D eigenvalue weighted by atomic mass is 10.2. The Morgan fingerprint density at radius 3 is 3.12 bits per heavy atom. The van der Waals surface area contributed by atoms with Gasteiger partial charge in [0.2, 0.25) is 5.88 Å². The van der Waals surface area contributed by atoms with E-state index < -0.39 is 6.17 Å². The predicted molar refractivity (Wildman–Crippen MR) is 68.3 cm³/mol. The van der Waals surface area contributed by atoms with Crippen molar-refractivity contribution in [3.8, 4) is 5.88 Å². The molecule has 2 rings (SSSR count). The molecule has 1 aliphatic rings. The molecule has 1 saturated heterocycles. The molecule has 1 aromatic rings. The fourth-order valence-corrected chi connectivity index (χ4v) is 2.48. The third-order valence-corrected chi connectivity index (χ3v) is 3.76. The molecule has 0 spiro atoms. The van der Waals surface area contributed by atoms with Crippen molar-refractivity contribution in [3.63, 3.8) is 0 Å². The van der Waals surface area contributed by atoms with Gasteiger partial charge in [-0.2, -0.15) is 0 Å². The lowest BCUT2D eigenvalue weighted by molar-refractivity contribution is 0.276. The minimum Gasteiger partial charge on any atom is -0.481 e. The van der Waals surface area contributed by atoms with Crippen LogP contribution >= 0.6 is 22.6 Å². The molecule has 0 unspecified atom stereocenters. The van der Waals surface area contributed by atoms with Gasteiger partial charge in [0.15, 0.2) is 0 Å². The van der Waals surface area contributed by atoms with Crippen LogP contribution in [-0.4, -0.2) is 36.3 Å². The lowest BCUT2D eigenvalue weighted by Gasteiger charge is -2.17. The Balaban J connectivity index is 2.14. The molecule has 88 valence electrons. The highest BCUT2D eigenvalue weighted by atomic mass is 127. The molecule has 0 aromatic carbocycles. The van der Waals surface area contributed by atoms with Gasteiger partial charge in [0.1, 0.15) is 6.17 Å². The van der Waals surface area contributed by atoms with E-state index in [9.17, 15) is 4.39 Å². The number of hydrogen-bond acceptors (Lipinski definition) is 3. The zero-order chi connectivity index (χ0) is 11.5. The zero-order valence-corrected chi connectivity index (χ0v) is 11.3. The van der Waals surface area contributed by atoms with Crippen molar-refractivity contribution >= 4 is 22.6 Å². The molecule has 2 heterocycles. The molecule has 1 atom stereocenters. The Hall–Kier alpha value is -0.430. The van der Waals surface area contributed by atoms with Gasteiger partial charge in [0.05, 0.1) is 7.11 Å². The van der Waals surface area contributed by atoms with Crippen molar-refractivity contribution in [1.82, 2.24) is 9.88 Å². The highest BCUT2D eigenvalue weighted by Gasteiger charge is 2.23. The second-order valence-corrected chi connectivity index (χ2v) is 5.06. The molecule has 3 nitrogen and oxygen atoms in total. The first kappa shape index (κ1) is 12.0. The minimum atomic E-state index is -0.680. The molecule has 0 amide bonds. The third-order valence-electron chi connectivity index (χ3n) is 2.75. The molecule has 1 aromatic heterocycles. The van der Waals surface area contributed by atoms with Crippen LogP contribution < -0.4 is 4.74 Å². The van der Waals surface area contributed by atoms with E-state index >= 15 is 0 Å². The summed E-state index contributed by atoms with van der Waals surface area (Å²) < 4.78 is 19.4. The van der Waals surface area contributed by atoms with Crippen LogP contribution in [0.2, 0.25) is 0 Å². The molecule has 0 N–H and O–H groups in total. The summed E-state index contributed by atoms with van der Waals surface area (Å²) in [5.41, 5.74) is 1.06. The highest BCUT2D eigenvalue weighted by molar-refractivity contribution is 14.1. The predicted octanol–water partition coefficient (Wildman–Crippen LogP) is 2.24. The number of ether oxygens (including phenoxy) is 1. The third kappa shape index (κ3) is 2.63. The van der Waals surface area contributed by atoms with E-state index in [0.717, 1.165) is 22.2 Å². The standard InChI is InChI=1S/C11H14FIN2O/c1-16-11-9(10(13)2-4-14-11)7-15-5-3-8(12)6-15/h2,4,8H,3,5-7H2,1H3/t8-/m0/s1. The zero-order valence-electron chi connectivity index (χ0n) is 9.12. The maximum atomic E-state index is 13.1. The lowest BCUT2D eigenvalue weighted by Crippen LogP contribution is -2.21. The summed E-state index contributed by atoms with van der Waals surface area (Å²) in [5, 5.41) is 0. The van der Waals surface area contributed by atoms with E-state index in [2.05, 4.69) is 32.5 Å². The minimum absolute atomic E-state index is 0.522. The molecular formula is C11H14FIN2O. The Labute approximate surface area is 108 Å². The molecule has 0 bridgehead atoms. The van der Waals surface area contributed by atoms with Gasteiger partial charge in [-0.1, -0.05) is 0 Å². The summed E-state index contributed by atoms with van der Waals surface area (Å²) in [4.78, 5) is 6.28. The molecule has 0 aliphatic carbocycles. The second-order valence-electron chi connectivity index (χ2n) is 3.90. The summed E-state index contributed by atoms with van der Waals surface area (Å²) in [5.74, 6) is 0.647. The van der Waals surface area contributed by atoms with Crippen molar-refractivity contribution < 1.29 is 9.13 Å². The van der Waals surface area contributed by atoms with Gasteiger partial charge >= 0.3 is 0 Å². The van der Waals surface area contributed by atoms with Crippen molar-refractivity contribution in [2.24, 2.45) is 0 Å². The number of rotatable bonds is 3. The van der Waals surface area contributed by atoms with Crippen molar-refractivity contribution in [2.45, 2.75) is 19.1 Å². The van der Waals surface area contributed by atoms with Gasteiger partial charge in [0.25, 0.3) is 0 Å². The number of methoxy groups -OCH3 is 1. The normalized spacial score (nSPS) is 21.3. The van der Waals surface area contributed by atoms with Crippen LogP contribution in [0.3, 0.4) is 0 Å². The largest absolute Gasteiger partial charge is 0.481 e. The molecule has 0 saturated carbocycles. The molecule has 16 heavy (non-hydrogen) atoms. The number of pyridine rings is 1.